The van der Waals surface area contributed by atoms with Crippen molar-refractivity contribution in [1.29, 1.82) is 0 Å². The van der Waals surface area contributed by atoms with Gasteiger partial charge in [0, 0.05) is 11.6 Å². The molecular weight excluding hydrogens is 370 g/mol. The number of nitro benzene ring substituents is 1. The van der Waals surface area contributed by atoms with Gasteiger partial charge in [0.05, 0.1) is 9.82 Å². The molecular formula is C14H11N3O8S. The number of amides is 1. The molecule has 136 valence electrons. The van der Waals surface area contributed by atoms with Crippen LogP contribution in [-0.2, 0) is 10.0 Å². The summed E-state index contributed by atoms with van der Waals surface area (Å²) in [5.41, 5.74) is 1.31. The lowest BCUT2D eigenvalue weighted by atomic mass is 10.2. The van der Waals surface area contributed by atoms with E-state index in [4.69, 9.17) is 9.47 Å². The molecule has 3 N–H and O–H groups in total. The number of carbonyl (C=O) groups excluding carboxylic acids is 1. The number of nitrogens with one attached hydrogen (secondary N) is 2. The molecule has 0 saturated heterocycles. The number of aromatic hydroxyl groups is 1. The van der Waals surface area contributed by atoms with E-state index in [2.05, 4.69) is 0 Å². The fourth-order valence-electron chi connectivity index (χ4n) is 2.10. The summed E-state index contributed by atoms with van der Waals surface area (Å²) in [6.45, 7) is 0.0205. The van der Waals surface area contributed by atoms with Crippen LogP contribution in [0.25, 0.3) is 0 Å². The number of sulfonamides is 1. The number of fused-ring (bicyclic) bond motifs is 1. The third-order valence-electron chi connectivity index (χ3n) is 3.39. The van der Waals surface area contributed by atoms with Gasteiger partial charge in [-0.25, -0.2) is 8.42 Å². The van der Waals surface area contributed by atoms with Crippen LogP contribution < -0.4 is 19.7 Å². The Labute approximate surface area is 146 Å². The second-order valence-corrected chi connectivity index (χ2v) is 6.72. The highest BCUT2D eigenvalue weighted by Gasteiger charge is 2.22. The molecule has 2 aromatic carbocycles. The molecule has 11 nitrogen and oxygen atoms in total. The zero-order valence-corrected chi connectivity index (χ0v) is 13.6. The molecule has 3 rings (SSSR count). The molecule has 1 aliphatic rings. The van der Waals surface area contributed by atoms with Gasteiger partial charge in [-0.1, -0.05) is 0 Å². The molecule has 0 radical (unpaired) electrons. The van der Waals surface area contributed by atoms with Gasteiger partial charge in [-0.05, 0) is 30.3 Å². The summed E-state index contributed by atoms with van der Waals surface area (Å²) in [6.07, 6.45) is 0. The van der Waals surface area contributed by atoms with Crippen molar-refractivity contribution in [3.05, 3.63) is 52.1 Å². The molecule has 0 bridgehead atoms. The SMILES string of the molecule is O=C(NNS(=O)(=O)c1ccc(O)c([N+](=O)[O-])c1)c1ccc2c(c1)OCO2. The molecule has 0 unspecified atom stereocenters. The van der Waals surface area contributed by atoms with Crippen LogP contribution in [0, 0.1) is 10.1 Å². The molecule has 0 aliphatic carbocycles. The van der Waals surface area contributed by atoms with Gasteiger partial charge in [0.1, 0.15) is 0 Å². The largest absolute Gasteiger partial charge is 0.502 e. The zero-order valence-electron chi connectivity index (χ0n) is 12.8. The number of hydrazine groups is 1. The monoisotopic (exact) mass is 381 g/mol. The van der Waals surface area contributed by atoms with Crippen LogP contribution in [0.3, 0.4) is 0 Å². The van der Waals surface area contributed by atoms with Gasteiger partial charge in [-0.15, -0.1) is 4.83 Å². The van der Waals surface area contributed by atoms with Crippen molar-refractivity contribution in [3.63, 3.8) is 0 Å². The molecule has 0 atom stereocenters. The maximum atomic E-state index is 12.2. The van der Waals surface area contributed by atoms with E-state index in [1.807, 2.05) is 10.3 Å². The maximum absolute atomic E-state index is 12.2. The van der Waals surface area contributed by atoms with E-state index in [-0.39, 0.29) is 12.4 Å². The molecule has 0 fully saturated rings. The second kappa shape index (κ2) is 6.50. The van der Waals surface area contributed by atoms with Gasteiger partial charge in [0.2, 0.25) is 6.79 Å². The number of ether oxygens (including phenoxy) is 2. The molecule has 0 spiro atoms. The average molecular weight is 381 g/mol. The first kappa shape index (κ1) is 17.4. The Hall–Kier alpha value is -3.38. The predicted molar refractivity (Wildman–Crippen MR) is 85.1 cm³/mol. The first-order valence-corrected chi connectivity index (χ1v) is 8.45. The highest BCUT2D eigenvalue weighted by molar-refractivity contribution is 7.89. The molecule has 1 aliphatic heterocycles. The standard InChI is InChI=1S/C14H11N3O8S/c18-11-3-2-9(6-10(11)17(20)21)26(22,23)16-15-14(19)8-1-4-12-13(5-8)25-7-24-12/h1-6,16,18H,7H2,(H,15,19). The quantitative estimate of drug-likeness (QED) is 0.503. The molecule has 12 heteroatoms. The van der Waals surface area contributed by atoms with Gasteiger partial charge in [-0.2, -0.15) is 0 Å². The van der Waals surface area contributed by atoms with Gasteiger partial charge in [-0.3, -0.25) is 20.3 Å². The minimum atomic E-state index is -4.30. The van der Waals surface area contributed by atoms with Crippen LogP contribution in [0.5, 0.6) is 17.2 Å². The van der Waals surface area contributed by atoms with E-state index in [1.165, 1.54) is 18.2 Å². The fourth-order valence-corrected chi connectivity index (χ4v) is 2.96. The Balaban J connectivity index is 1.75. The number of hydrogen-bond donors (Lipinski definition) is 3. The van der Waals surface area contributed by atoms with Crippen LogP contribution in [0.2, 0.25) is 0 Å². The lowest BCUT2D eigenvalue weighted by Crippen LogP contribution is -2.41. The summed E-state index contributed by atoms with van der Waals surface area (Å²) in [7, 11) is -4.30. The van der Waals surface area contributed by atoms with Crippen LogP contribution in [0.15, 0.2) is 41.3 Å². The van der Waals surface area contributed by atoms with Gasteiger partial charge >= 0.3 is 5.69 Å². The summed E-state index contributed by atoms with van der Waals surface area (Å²) >= 11 is 0. The van der Waals surface area contributed by atoms with Crippen molar-refractivity contribution >= 4 is 21.6 Å². The number of phenolic OH excluding ortho intramolecular Hbond substituents is 1. The van der Waals surface area contributed by atoms with E-state index in [0.29, 0.717) is 17.6 Å². The van der Waals surface area contributed by atoms with Crippen molar-refractivity contribution in [3.8, 4) is 17.2 Å². The van der Waals surface area contributed by atoms with Crippen LogP contribution in [0.4, 0.5) is 5.69 Å². The Morgan fingerprint density at radius 1 is 1.15 bits per heavy atom. The van der Waals surface area contributed by atoms with Gasteiger partial charge in [0.15, 0.2) is 17.2 Å². The summed E-state index contributed by atoms with van der Waals surface area (Å²) in [4.78, 5) is 23.2. The van der Waals surface area contributed by atoms with Crippen LogP contribution in [0.1, 0.15) is 10.4 Å². The lowest BCUT2D eigenvalue weighted by Gasteiger charge is -2.09. The topological polar surface area (TPSA) is 157 Å². The first-order chi connectivity index (χ1) is 12.3. The number of carbonyl (C=O) groups is 1. The molecule has 1 amide bonds. The number of rotatable bonds is 5. The van der Waals surface area contributed by atoms with E-state index in [1.54, 1.807) is 0 Å². The minimum absolute atomic E-state index is 0.0205. The molecule has 0 saturated carbocycles. The van der Waals surface area contributed by atoms with E-state index < -0.39 is 37.2 Å². The number of benzene rings is 2. The summed E-state index contributed by atoms with van der Waals surface area (Å²) in [5, 5.41) is 20.1. The highest BCUT2D eigenvalue weighted by Crippen LogP contribution is 2.32. The third kappa shape index (κ3) is 3.36. The maximum Gasteiger partial charge on any atom is 0.312 e. The lowest BCUT2D eigenvalue weighted by molar-refractivity contribution is -0.386. The van der Waals surface area contributed by atoms with Crippen LogP contribution in [-0.4, -0.2) is 31.1 Å². The predicted octanol–water partition coefficient (Wildman–Crippen LogP) is 0.652. The number of hydrogen-bond acceptors (Lipinski definition) is 8. The van der Waals surface area contributed by atoms with Crippen molar-refractivity contribution in [2.75, 3.05) is 6.79 Å². The summed E-state index contributed by atoms with van der Waals surface area (Å²) in [6, 6.07) is 6.77. The van der Waals surface area contributed by atoms with Crippen molar-refractivity contribution in [2.45, 2.75) is 4.90 Å². The van der Waals surface area contributed by atoms with E-state index in [0.717, 1.165) is 12.1 Å². The van der Waals surface area contributed by atoms with E-state index in [9.17, 15) is 28.4 Å². The Kier molecular flexibility index (Phi) is 4.36. The van der Waals surface area contributed by atoms with Crippen molar-refractivity contribution in [2.24, 2.45) is 0 Å². The van der Waals surface area contributed by atoms with Crippen molar-refractivity contribution in [1.82, 2.24) is 10.3 Å². The minimum Gasteiger partial charge on any atom is -0.502 e. The molecule has 2 aromatic rings. The number of phenols is 1. The molecule has 0 aromatic heterocycles. The fraction of sp³-hybridized carbons (Fsp3) is 0.0714. The van der Waals surface area contributed by atoms with E-state index >= 15 is 0 Å². The van der Waals surface area contributed by atoms with Gasteiger partial charge in [0.25, 0.3) is 15.9 Å². The normalized spacial score (nSPS) is 12.6. The Morgan fingerprint density at radius 2 is 1.88 bits per heavy atom. The third-order valence-corrected chi connectivity index (χ3v) is 4.63. The second-order valence-electron chi connectivity index (χ2n) is 5.04. The molecule has 1 heterocycles. The highest BCUT2D eigenvalue weighted by atomic mass is 32.2. The van der Waals surface area contributed by atoms with Gasteiger partial charge < -0.3 is 14.6 Å². The first-order valence-electron chi connectivity index (χ1n) is 6.97. The summed E-state index contributed by atoms with van der Waals surface area (Å²) < 4.78 is 34.6. The van der Waals surface area contributed by atoms with Crippen LogP contribution >= 0.6 is 0 Å². The Bertz CT molecular complexity index is 1010. The smallest absolute Gasteiger partial charge is 0.312 e. The zero-order chi connectivity index (χ0) is 18.9. The summed E-state index contributed by atoms with van der Waals surface area (Å²) in [5.74, 6) is -0.660. The number of nitro groups is 1. The Morgan fingerprint density at radius 3 is 2.62 bits per heavy atom. The average Bonchev–Trinajstić information content (AvgIpc) is 3.07. The molecule has 26 heavy (non-hydrogen) atoms. The van der Waals surface area contributed by atoms with Crippen molar-refractivity contribution < 1.29 is 32.7 Å². The number of nitrogens with zero attached hydrogens (tertiary/aromatic N) is 1.